The summed E-state index contributed by atoms with van der Waals surface area (Å²) in [5, 5.41) is 0. The van der Waals surface area contributed by atoms with Gasteiger partial charge in [0.15, 0.2) is 11.6 Å². The Morgan fingerprint density at radius 1 is 0.727 bits per heavy atom. The van der Waals surface area contributed by atoms with E-state index in [1.165, 1.54) is 68.4 Å². The minimum Gasteiger partial charge on any atom is -0.206 e. The Morgan fingerprint density at radius 3 is 1.97 bits per heavy atom. The zero-order valence-electron chi connectivity index (χ0n) is 19.6. The molecule has 0 atom stereocenters. The molecule has 2 aliphatic rings. The first-order valence-electron chi connectivity index (χ1n) is 12.7. The molecule has 5 heteroatoms. The summed E-state index contributed by atoms with van der Waals surface area (Å²) in [6, 6.07) is 10.2. The van der Waals surface area contributed by atoms with E-state index in [9.17, 15) is 17.6 Å². The molecule has 0 bridgehead atoms. The van der Waals surface area contributed by atoms with Crippen LogP contribution in [0.5, 0.6) is 0 Å². The lowest BCUT2D eigenvalue weighted by molar-refractivity contribution is 0.216. The Bertz CT molecular complexity index is 904. The number of hydrogen-bond donors (Lipinski definition) is 0. The first kappa shape index (κ1) is 24.5. The third-order valence-corrected chi connectivity index (χ3v) is 11.1. The molecular weight excluding hydrogens is 440 g/mol. The van der Waals surface area contributed by atoms with Gasteiger partial charge in [-0.2, -0.15) is 0 Å². The van der Waals surface area contributed by atoms with Gasteiger partial charge in [0.25, 0.3) is 0 Å². The van der Waals surface area contributed by atoms with Gasteiger partial charge in [-0.1, -0.05) is 63.2 Å². The van der Waals surface area contributed by atoms with E-state index in [1.807, 2.05) is 0 Å². The van der Waals surface area contributed by atoms with Gasteiger partial charge in [0.2, 0.25) is 0 Å². The van der Waals surface area contributed by atoms with E-state index >= 15 is 0 Å². The Hall–Kier alpha value is -1.62. The van der Waals surface area contributed by atoms with E-state index in [4.69, 9.17) is 0 Å². The summed E-state index contributed by atoms with van der Waals surface area (Å²) in [5.74, 6) is -1.77. The summed E-state index contributed by atoms with van der Waals surface area (Å²) in [6.07, 6.45) is 11.1. The quantitative estimate of drug-likeness (QED) is 0.213. The molecule has 0 nitrogen and oxygen atoms in total. The second kappa shape index (κ2) is 11.2. The van der Waals surface area contributed by atoms with Crippen LogP contribution in [0.3, 0.4) is 0 Å². The maximum Gasteiger partial charge on any atom is 0.159 e. The van der Waals surface area contributed by atoms with E-state index in [1.54, 1.807) is 0 Å². The first-order chi connectivity index (χ1) is 16.0. The van der Waals surface area contributed by atoms with Gasteiger partial charge in [-0.3, -0.25) is 0 Å². The van der Waals surface area contributed by atoms with Gasteiger partial charge >= 0.3 is 0 Å². The Morgan fingerprint density at radius 2 is 1.36 bits per heavy atom. The predicted molar refractivity (Wildman–Crippen MR) is 129 cm³/mol. The Balaban J connectivity index is 1.34. The van der Waals surface area contributed by atoms with Crippen molar-refractivity contribution >= 4 is 8.80 Å². The standard InChI is InChI=1S/C28H35F4Si/c1-2-3-4-13-33-14-11-21(12-15-33)19-5-7-20(8-6-19)23-17-26(31)28(27(32)18-23)22-9-10-24(29)25(30)16-22/h9-10,16-21H,2-8,11-15H2,1H3. The molecular formula is C28H35F4Si. The molecule has 4 rings (SSSR count). The number of unbranched alkanes of at least 4 members (excludes halogenated alkanes) is 2. The van der Waals surface area contributed by atoms with Gasteiger partial charge in [0.05, 0.1) is 5.56 Å². The predicted octanol–water partition coefficient (Wildman–Crippen LogP) is 9.28. The van der Waals surface area contributed by atoms with Crippen LogP contribution >= 0.6 is 0 Å². The smallest absolute Gasteiger partial charge is 0.159 e. The van der Waals surface area contributed by atoms with Gasteiger partial charge in [-0.15, -0.1) is 0 Å². The molecule has 2 aromatic rings. The average Bonchev–Trinajstić information content (AvgIpc) is 2.82. The van der Waals surface area contributed by atoms with Crippen molar-refractivity contribution in [1.82, 2.24) is 0 Å². The van der Waals surface area contributed by atoms with Gasteiger partial charge in [0, 0.05) is 8.80 Å². The second-order valence-electron chi connectivity index (χ2n) is 10.1. The summed E-state index contributed by atoms with van der Waals surface area (Å²) in [5.41, 5.74) is 0.428. The molecule has 1 saturated carbocycles. The van der Waals surface area contributed by atoms with Crippen molar-refractivity contribution < 1.29 is 17.6 Å². The fourth-order valence-electron chi connectivity index (χ4n) is 6.07. The lowest BCUT2D eigenvalue weighted by Crippen LogP contribution is -2.28. The normalized spacial score (nSPS) is 22.6. The molecule has 0 N–H and O–H groups in total. The van der Waals surface area contributed by atoms with Crippen LogP contribution in [-0.2, 0) is 0 Å². The molecule has 2 aromatic carbocycles. The topological polar surface area (TPSA) is 0 Å². The molecule has 1 radical (unpaired) electrons. The lowest BCUT2D eigenvalue weighted by atomic mass is 9.72. The van der Waals surface area contributed by atoms with Crippen LogP contribution in [0.2, 0.25) is 18.1 Å². The summed E-state index contributed by atoms with van der Waals surface area (Å²) in [7, 11) is -0.113. The fraction of sp³-hybridized carbons (Fsp3) is 0.571. The molecule has 1 aliphatic carbocycles. The molecule has 1 aliphatic heterocycles. The van der Waals surface area contributed by atoms with Crippen LogP contribution < -0.4 is 0 Å². The molecule has 0 amide bonds. The lowest BCUT2D eigenvalue weighted by Gasteiger charge is -2.37. The second-order valence-corrected chi connectivity index (χ2v) is 13.1. The highest BCUT2D eigenvalue weighted by Gasteiger charge is 2.32. The van der Waals surface area contributed by atoms with Crippen LogP contribution in [0.25, 0.3) is 11.1 Å². The molecule has 1 heterocycles. The van der Waals surface area contributed by atoms with Crippen molar-refractivity contribution in [3.05, 3.63) is 59.2 Å². The van der Waals surface area contributed by atoms with Crippen molar-refractivity contribution in [3.63, 3.8) is 0 Å². The fourth-order valence-corrected chi connectivity index (χ4v) is 9.13. The SMILES string of the molecule is CCCCC[Si]1CCC(C2CCC(c3cc(F)c(-c4ccc(F)c(F)c4)c(F)c3)CC2)CC1. The molecule has 0 spiro atoms. The van der Waals surface area contributed by atoms with Crippen molar-refractivity contribution in [2.45, 2.75) is 88.8 Å². The van der Waals surface area contributed by atoms with Gasteiger partial charge in [-0.05, 0) is 78.8 Å². The molecule has 33 heavy (non-hydrogen) atoms. The van der Waals surface area contributed by atoms with E-state index in [0.717, 1.165) is 49.7 Å². The van der Waals surface area contributed by atoms with Crippen LogP contribution in [0, 0.1) is 35.1 Å². The van der Waals surface area contributed by atoms with E-state index in [-0.39, 0.29) is 25.8 Å². The highest BCUT2D eigenvalue weighted by atomic mass is 28.3. The van der Waals surface area contributed by atoms with Gasteiger partial charge in [-0.25, -0.2) is 17.6 Å². The molecule has 179 valence electrons. The summed E-state index contributed by atoms with van der Waals surface area (Å²) >= 11 is 0. The largest absolute Gasteiger partial charge is 0.206 e. The number of hydrogen-bond acceptors (Lipinski definition) is 0. The van der Waals surface area contributed by atoms with Crippen LogP contribution in [0.15, 0.2) is 30.3 Å². The van der Waals surface area contributed by atoms with Crippen molar-refractivity contribution in [1.29, 1.82) is 0 Å². The van der Waals surface area contributed by atoms with E-state index < -0.39 is 23.3 Å². The number of rotatable bonds is 7. The van der Waals surface area contributed by atoms with E-state index in [2.05, 4.69) is 6.92 Å². The van der Waals surface area contributed by atoms with Gasteiger partial charge in [0.1, 0.15) is 11.6 Å². The number of benzene rings is 2. The Labute approximate surface area is 197 Å². The molecule has 0 aromatic heterocycles. The van der Waals surface area contributed by atoms with Crippen LogP contribution in [-0.4, -0.2) is 8.80 Å². The summed E-state index contributed by atoms with van der Waals surface area (Å²) in [6.45, 7) is 2.27. The maximum atomic E-state index is 14.8. The van der Waals surface area contributed by atoms with Crippen molar-refractivity contribution in [3.8, 4) is 11.1 Å². The van der Waals surface area contributed by atoms with Crippen LogP contribution in [0.1, 0.15) is 76.2 Å². The maximum absolute atomic E-state index is 14.8. The molecule has 1 saturated heterocycles. The monoisotopic (exact) mass is 475 g/mol. The van der Waals surface area contributed by atoms with E-state index in [0.29, 0.717) is 5.56 Å². The van der Waals surface area contributed by atoms with Crippen LogP contribution in [0.4, 0.5) is 17.6 Å². The minimum absolute atomic E-state index is 0.0204. The molecule has 0 unspecified atom stereocenters. The highest BCUT2D eigenvalue weighted by Crippen LogP contribution is 2.44. The third-order valence-electron chi connectivity index (χ3n) is 8.05. The zero-order valence-corrected chi connectivity index (χ0v) is 20.6. The average molecular weight is 476 g/mol. The number of halogens is 4. The minimum atomic E-state index is -1.11. The van der Waals surface area contributed by atoms with Gasteiger partial charge < -0.3 is 0 Å². The summed E-state index contributed by atoms with van der Waals surface area (Å²) in [4.78, 5) is 0. The summed E-state index contributed by atoms with van der Waals surface area (Å²) < 4.78 is 56.5. The highest BCUT2D eigenvalue weighted by molar-refractivity contribution is 6.58. The van der Waals surface area contributed by atoms with Crippen molar-refractivity contribution in [2.75, 3.05) is 0 Å². The van der Waals surface area contributed by atoms with Crippen molar-refractivity contribution in [2.24, 2.45) is 11.8 Å². The third kappa shape index (κ3) is 5.90. The first-order valence-corrected chi connectivity index (χ1v) is 14.9. The Kier molecular flexibility index (Phi) is 8.32. The zero-order chi connectivity index (χ0) is 23.4. The molecule has 2 fully saturated rings.